The predicted octanol–water partition coefficient (Wildman–Crippen LogP) is 9.21. The topological polar surface area (TPSA) is 134 Å². The molecule has 0 rings (SSSR count). The van der Waals surface area contributed by atoms with E-state index in [-0.39, 0.29) is 32.6 Å². The Balaban J connectivity index is 4.28. The summed E-state index contributed by atoms with van der Waals surface area (Å²) in [5.74, 6) is -0.875. The fourth-order valence-electron chi connectivity index (χ4n) is 4.33. The fraction of sp³-hybridized carbons (Fsp3) is 0.722. The Kier molecular flexibility index (Phi) is 31.4. The van der Waals surface area contributed by atoms with E-state index in [0.29, 0.717) is 12.8 Å². The summed E-state index contributed by atoms with van der Waals surface area (Å²) in [4.78, 5) is 34.5. The lowest BCUT2D eigenvalue weighted by molar-refractivity contribution is -0.161. The highest BCUT2D eigenvalue weighted by Gasteiger charge is 2.25. The number of hydrogen-bond donors (Lipinski definition) is 2. The molecule has 46 heavy (non-hydrogen) atoms. The maximum atomic E-state index is 12.4. The zero-order chi connectivity index (χ0) is 34.0. The molecule has 10 heteroatoms. The Morgan fingerprint density at radius 2 is 1.17 bits per heavy atom. The smallest absolute Gasteiger partial charge is 0.462 e. The van der Waals surface area contributed by atoms with Gasteiger partial charge in [-0.25, -0.2) is 4.57 Å². The van der Waals surface area contributed by atoms with Crippen molar-refractivity contribution in [3.05, 3.63) is 48.6 Å². The molecule has 0 aliphatic carbocycles. The molecule has 0 aromatic rings. The van der Waals surface area contributed by atoms with Crippen molar-refractivity contribution in [3.8, 4) is 0 Å². The van der Waals surface area contributed by atoms with E-state index in [1.807, 2.05) is 0 Å². The van der Waals surface area contributed by atoms with Crippen LogP contribution in [-0.4, -0.2) is 49.3 Å². The Bertz CT molecular complexity index is 902. The number of phosphoric ester groups is 1. The normalized spacial score (nSPS) is 14.1. The van der Waals surface area contributed by atoms with Gasteiger partial charge in [-0.15, -0.1) is 0 Å². The molecule has 0 saturated carbocycles. The molecule has 2 atom stereocenters. The Morgan fingerprint density at radius 3 is 1.76 bits per heavy atom. The van der Waals surface area contributed by atoms with E-state index in [0.717, 1.165) is 64.2 Å². The van der Waals surface area contributed by atoms with Crippen LogP contribution in [-0.2, 0) is 32.7 Å². The van der Waals surface area contributed by atoms with Crippen LogP contribution in [0.3, 0.4) is 0 Å². The first-order chi connectivity index (χ1) is 22.3. The molecule has 0 aliphatic heterocycles. The van der Waals surface area contributed by atoms with E-state index in [9.17, 15) is 19.0 Å². The molecule has 0 saturated heterocycles. The maximum absolute atomic E-state index is 12.4. The van der Waals surface area contributed by atoms with E-state index >= 15 is 0 Å². The average Bonchev–Trinajstić information content (AvgIpc) is 3.04. The SMILES string of the molecule is CCC/C=C/C/C=C/C/C=C/C/C=C/CCCCCC(=O)OC[C@@H](COP(=O)(O)OCCN)OC(=O)CCCCCCCCCC. The zero-order valence-corrected chi connectivity index (χ0v) is 29.7. The van der Waals surface area contributed by atoms with Crippen LogP contribution in [0, 0.1) is 0 Å². The number of phosphoric acid groups is 1. The molecule has 0 radical (unpaired) electrons. The molecule has 0 amide bonds. The standard InChI is InChI=1S/C36H64NO8P/c1-3-5-7-9-11-13-14-15-16-17-18-19-20-21-23-24-26-28-35(38)42-32-34(33-44-46(40,41)43-31-30-37)45-36(39)29-27-25-22-12-10-8-6-4-2/h7,9,13-14,16-17,19-20,34H,3-6,8,10-12,15,18,21-33,37H2,1-2H3,(H,40,41)/b9-7+,14-13+,17-16+,20-19+/t34-/m0/s1. The fourth-order valence-corrected chi connectivity index (χ4v) is 5.09. The van der Waals surface area contributed by atoms with Gasteiger partial charge in [-0.2, -0.15) is 0 Å². The van der Waals surface area contributed by atoms with Gasteiger partial charge < -0.3 is 20.1 Å². The van der Waals surface area contributed by atoms with Gasteiger partial charge in [0.15, 0.2) is 6.10 Å². The zero-order valence-electron chi connectivity index (χ0n) is 28.8. The molecule has 0 aliphatic rings. The van der Waals surface area contributed by atoms with Gasteiger partial charge in [-0.1, -0.05) is 120 Å². The van der Waals surface area contributed by atoms with E-state index in [4.69, 9.17) is 24.3 Å². The van der Waals surface area contributed by atoms with Gasteiger partial charge in [0.25, 0.3) is 0 Å². The number of nitrogens with two attached hydrogens (primary N) is 1. The van der Waals surface area contributed by atoms with Gasteiger partial charge in [0.05, 0.1) is 13.2 Å². The maximum Gasteiger partial charge on any atom is 0.472 e. The molecule has 9 nitrogen and oxygen atoms in total. The summed E-state index contributed by atoms with van der Waals surface area (Å²) >= 11 is 0. The van der Waals surface area contributed by atoms with Gasteiger partial charge >= 0.3 is 19.8 Å². The number of hydrogen-bond acceptors (Lipinski definition) is 8. The van der Waals surface area contributed by atoms with Crippen molar-refractivity contribution in [2.24, 2.45) is 5.73 Å². The first kappa shape index (κ1) is 44.0. The van der Waals surface area contributed by atoms with Crippen molar-refractivity contribution >= 4 is 19.8 Å². The van der Waals surface area contributed by atoms with Crippen molar-refractivity contribution in [2.45, 2.75) is 142 Å². The first-order valence-corrected chi connectivity index (χ1v) is 19.1. The molecule has 3 N–H and O–H groups in total. The lowest BCUT2D eigenvalue weighted by atomic mass is 10.1. The van der Waals surface area contributed by atoms with Crippen LogP contribution < -0.4 is 5.73 Å². The number of esters is 2. The summed E-state index contributed by atoms with van der Waals surface area (Å²) in [6, 6.07) is 0. The van der Waals surface area contributed by atoms with E-state index in [1.54, 1.807) is 0 Å². The molecule has 0 spiro atoms. The van der Waals surface area contributed by atoms with E-state index in [2.05, 4.69) is 62.5 Å². The second-order valence-corrected chi connectivity index (χ2v) is 12.8. The van der Waals surface area contributed by atoms with Crippen molar-refractivity contribution < 1.29 is 37.6 Å². The Hall–Kier alpha value is -2.03. The molecular weight excluding hydrogens is 605 g/mol. The largest absolute Gasteiger partial charge is 0.472 e. The molecule has 0 aromatic carbocycles. The third-order valence-electron chi connectivity index (χ3n) is 6.95. The van der Waals surface area contributed by atoms with Crippen LogP contribution in [0.25, 0.3) is 0 Å². The lowest BCUT2D eigenvalue weighted by Gasteiger charge is -2.19. The Labute approximate surface area is 279 Å². The summed E-state index contributed by atoms with van der Waals surface area (Å²) in [6.07, 6.45) is 34.4. The summed E-state index contributed by atoms with van der Waals surface area (Å²) in [6.45, 7) is 3.56. The summed E-state index contributed by atoms with van der Waals surface area (Å²) < 4.78 is 32.5. The number of carbonyl (C=O) groups excluding carboxylic acids is 2. The molecule has 266 valence electrons. The number of unbranched alkanes of at least 4 members (excludes halogenated alkanes) is 11. The highest BCUT2D eigenvalue weighted by atomic mass is 31.2. The minimum atomic E-state index is -4.37. The van der Waals surface area contributed by atoms with Crippen LogP contribution in [0.1, 0.15) is 136 Å². The van der Waals surface area contributed by atoms with Crippen molar-refractivity contribution in [2.75, 3.05) is 26.4 Å². The number of allylic oxidation sites excluding steroid dienone is 8. The van der Waals surface area contributed by atoms with Gasteiger partial charge in [0, 0.05) is 19.4 Å². The molecular formula is C36H64NO8P. The minimum Gasteiger partial charge on any atom is -0.462 e. The van der Waals surface area contributed by atoms with Crippen LogP contribution in [0.2, 0.25) is 0 Å². The van der Waals surface area contributed by atoms with Crippen LogP contribution >= 0.6 is 7.82 Å². The third kappa shape index (κ3) is 31.9. The predicted molar refractivity (Wildman–Crippen MR) is 187 cm³/mol. The Morgan fingerprint density at radius 1 is 0.652 bits per heavy atom. The van der Waals surface area contributed by atoms with Crippen molar-refractivity contribution in [3.63, 3.8) is 0 Å². The highest BCUT2D eigenvalue weighted by molar-refractivity contribution is 7.47. The van der Waals surface area contributed by atoms with Gasteiger partial charge in [0.1, 0.15) is 6.61 Å². The van der Waals surface area contributed by atoms with Crippen LogP contribution in [0.5, 0.6) is 0 Å². The molecule has 0 bridgehead atoms. The lowest BCUT2D eigenvalue weighted by Crippen LogP contribution is -2.29. The quantitative estimate of drug-likeness (QED) is 0.0311. The van der Waals surface area contributed by atoms with E-state index < -0.39 is 32.5 Å². The van der Waals surface area contributed by atoms with Crippen molar-refractivity contribution in [1.29, 1.82) is 0 Å². The average molecular weight is 670 g/mol. The monoisotopic (exact) mass is 669 g/mol. The van der Waals surface area contributed by atoms with Crippen molar-refractivity contribution in [1.82, 2.24) is 0 Å². The molecule has 1 unspecified atom stereocenters. The van der Waals surface area contributed by atoms with Crippen LogP contribution in [0.4, 0.5) is 0 Å². The molecule has 0 fully saturated rings. The van der Waals surface area contributed by atoms with Gasteiger partial charge in [-0.3, -0.25) is 18.6 Å². The number of rotatable bonds is 32. The van der Waals surface area contributed by atoms with Crippen LogP contribution in [0.15, 0.2) is 48.6 Å². The highest BCUT2D eigenvalue weighted by Crippen LogP contribution is 2.43. The number of ether oxygens (including phenoxy) is 2. The summed E-state index contributed by atoms with van der Waals surface area (Å²) in [5.41, 5.74) is 5.31. The second kappa shape index (κ2) is 32.9. The van der Waals surface area contributed by atoms with Gasteiger partial charge in [-0.05, 0) is 51.4 Å². The molecule has 0 heterocycles. The second-order valence-electron chi connectivity index (χ2n) is 11.4. The van der Waals surface area contributed by atoms with E-state index in [1.165, 1.54) is 32.1 Å². The first-order valence-electron chi connectivity index (χ1n) is 17.6. The number of carbonyl (C=O) groups is 2. The third-order valence-corrected chi connectivity index (χ3v) is 7.93. The minimum absolute atomic E-state index is 0.0476. The van der Waals surface area contributed by atoms with Gasteiger partial charge in [0.2, 0.25) is 0 Å². The molecule has 0 aromatic heterocycles. The summed E-state index contributed by atoms with van der Waals surface area (Å²) in [7, 11) is -4.37. The summed E-state index contributed by atoms with van der Waals surface area (Å²) in [5, 5.41) is 0.